The van der Waals surface area contributed by atoms with Crippen molar-refractivity contribution in [3.8, 4) is 5.75 Å². The van der Waals surface area contributed by atoms with Gasteiger partial charge in [-0.05, 0) is 36.4 Å². The fourth-order valence-corrected chi connectivity index (χ4v) is 2.59. The summed E-state index contributed by atoms with van der Waals surface area (Å²) in [5, 5.41) is 7.03. The number of nitrogens with zero attached hydrogens (tertiary/aromatic N) is 1. The van der Waals surface area contributed by atoms with E-state index in [0.717, 1.165) is 16.7 Å². The summed E-state index contributed by atoms with van der Waals surface area (Å²) in [6.07, 6.45) is 1.75. The van der Waals surface area contributed by atoms with E-state index >= 15 is 0 Å². The van der Waals surface area contributed by atoms with Gasteiger partial charge >= 0.3 is 6.03 Å². The standard InChI is InChI=1S/C18H15Cl2N3O2/c19-14-4-1-5-16(17(14)20)23-18(24)22-9-10-25-13-6-7-15-12(11-13)3-2-8-21-15/h1-8,11H,9-10H2,(H2,22,23,24). The molecular formula is C18H15Cl2N3O2. The number of halogens is 2. The van der Waals surface area contributed by atoms with Crippen molar-refractivity contribution >= 4 is 45.8 Å². The number of rotatable bonds is 5. The molecule has 0 aliphatic rings. The molecule has 5 nitrogen and oxygen atoms in total. The number of ether oxygens (including phenoxy) is 1. The van der Waals surface area contributed by atoms with Gasteiger partial charge in [0.05, 0.1) is 27.8 Å². The van der Waals surface area contributed by atoms with Gasteiger partial charge in [0.2, 0.25) is 0 Å². The lowest BCUT2D eigenvalue weighted by Crippen LogP contribution is -2.32. The fourth-order valence-electron chi connectivity index (χ4n) is 2.24. The highest BCUT2D eigenvalue weighted by Gasteiger charge is 2.07. The van der Waals surface area contributed by atoms with Crippen molar-refractivity contribution in [2.75, 3.05) is 18.5 Å². The predicted octanol–water partition coefficient (Wildman–Crippen LogP) is 4.74. The molecule has 25 heavy (non-hydrogen) atoms. The van der Waals surface area contributed by atoms with Crippen molar-refractivity contribution in [1.82, 2.24) is 10.3 Å². The maximum Gasteiger partial charge on any atom is 0.319 e. The second kappa shape index (κ2) is 8.05. The number of carbonyl (C=O) groups is 1. The molecule has 2 aromatic carbocycles. The van der Waals surface area contributed by atoms with Crippen LogP contribution in [0.4, 0.5) is 10.5 Å². The van der Waals surface area contributed by atoms with Crippen LogP contribution in [0.25, 0.3) is 10.9 Å². The molecule has 7 heteroatoms. The average Bonchev–Trinajstić information content (AvgIpc) is 2.62. The van der Waals surface area contributed by atoms with Gasteiger partial charge in [0.1, 0.15) is 12.4 Å². The number of benzene rings is 2. The van der Waals surface area contributed by atoms with Crippen LogP contribution in [0, 0.1) is 0 Å². The van der Waals surface area contributed by atoms with E-state index in [-0.39, 0.29) is 6.03 Å². The predicted molar refractivity (Wildman–Crippen MR) is 101 cm³/mol. The molecule has 0 saturated heterocycles. The van der Waals surface area contributed by atoms with Gasteiger partial charge in [-0.15, -0.1) is 0 Å². The molecule has 0 fully saturated rings. The number of pyridine rings is 1. The van der Waals surface area contributed by atoms with Crippen LogP contribution in [0.15, 0.2) is 54.7 Å². The highest BCUT2D eigenvalue weighted by molar-refractivity contribution is 6.43. The van der Waals surface area contributed by atoms with Crippen LogP contribution >= 0.6 is 23.2 Å². The zero-order valence-electron chi connectivity index (χ0n) is 13.1. The molecule has 1 heterocycles. The number of urea groups is 1. The molecule has 3 rings (SSSR count). The number of nitrogens with one attached hydrogen (secondary N) is 2. The van der Waals surface area contributed by atoms with E-state index in [4.69, 9.17) is 27.9 Å². The van der Waals surface area contributed by atoms with Crippen molar-refractivity contribution in [1.29, 1.82) is 0 Å². The molecule has 0 bridgehead atoms. The molecule has 128 valence electrons. The first-order valence-electron chi connectivity index (χ1n) is 7.60. The van der Waals surface area contributed by atoms with Crippen LogP contribution in [-0.4, -0.2) is 24.2 Å². The number of fused-ring (bicyclic) bond motifs is 1. The average molecular weight is 376 g/mol. The fraction of sp³-hybridized carbons (Fsp3) is 0.111. The maximum absolute atomic E-state index is 11.9. The molecule has 3 aromatic rings. The summed E-state index contributed by atoms with van der Waals surface area (Å²) in [6.45, 7) is 0.678. The van der Waals surface area contributed by atoms with Crippen LogP contribution < -0.4 is 15.4 Å². The number of hydrogen-bond donors (Lipinski definition) is 2. The second-order valence-electron chi connectivity index (χ2n) is 5.19. The van der Waals surface area contributed by atoms with Crippen LogP contribution in [0.1, 0.15) is 0 Å². The maximum atomic E-state index is 11.9. The van der Waals surface area contributed by atoms with Crippen molar-refractivity contribution in [3.05, 3.63) is 64.8 Å². The molecule has 0 aliphatic carbocycles. The van der Waals surface area contributed by atoms with E-state index in [0.29, 0.717) is 28.9 Å². The number of anilines is 1. The molecule has 2 N–H and O–H groups in total. The quantitative estimate of drug-likeness (QED) is 0.632. The van der Waals surface area contributed by atoms with Crippen molar-refractivity contribution in [2.45, 2.75) is 0 Å². The number of aromatic nitrogens is 1. The van der Waals surface area contributed by atoms with Gasteiger partial charge in [-0.3, -0.25) is 4.98 Å². The molecule has 0 aliphatic heterocycles. The van der Waals surface area contributed by atoms with Gasteiger partial charge in [-0.1, -0.05) is 35.3 Å². The van der Waals surface area contributed by atoms with Gasteiger partial charge in [0.25, 0.3) is 0 Å². The van der Waals surface area contributed by atoms with E-state index in [2.05, 4.69) is 15.6 Å². The Morgan fingerprint density at radius 1 is 1.12 bits per heavy atom. The molecule has 0 atom stereocenters. The smallest absolute Gasteiger partial charge is 0.319 e. The Hall–Kier alpha value is -2.50. The summed E-state index contributed by atoms with van der Waals surface area (Å²) in [4.78, 5) is 16.1. The summed E-state index contributed by atoms with van der Waals surface area (Å²) < 4.78 is 5.64. The first kappa shape index (κ1) is 17.3. The van der Waals surface area contributed by atoms with E-state index in [1.54, 1.807) is 24.4 Å². The topological polar surface area (TPSA) is 63.2 Å². The lowest BCUT2D eigenvalue weighted by molar-refractivity contribution is 0.247. The van der Waals surface area contributed by atoms with Crippen molar-refractivity contribution in [3.63, 3.8) is 0 Å². The zero-order valence-corrected chi connectivity index (χ0v) is 14.6. The van der Waals surface area contributed by atoms with E-state index in [1.165, 1.54) is 0 Å². The normalized spacial score (nSPS) is 10.5. The third-order valence-corrected chi connectivity index (χ3v) is 4.25. The Kier molecular flexibility index (Phi) is 5.58. The van der Waals surface area contributed by atoms with Crippen LogP contribution in [0.2, 0.25) is 10.0 Å². The van der Waals surface area contributed by atoms with E-state index < -0.39 is 0 Å². The first-order valence-corrected chi connectivity index (χ1v) is 8.35. The first-order chi connectivity index (χ1) is 12.1. The van der Waals surface area contributed by atoms with Gasteiger partial charge in [0.15, 0.2) is 0 Å². The van der Waals surface area contributed by atoms with Crippen LogP contribution in [0.3, 0.4) is 0 Å². The summed E-state index contributed by atoms with van der Waals surface area (Å²) in [6, 6.07) is 14.2. The number of hydrogen-bond acceptors (Lipinski definition) is 3. The van der Waals surface area contributed by atoms with E-state index in [1.807, 2.05) is 30.3 Å². The monoisotopic (exact) mass is 375 g/mol. The molecule has 0 spiro atoms. The minimum atomic E-state index is -0.379. The van der Waals surface area contributed by atoms with Gasteiger partial charge in [-0.2, -0.15) is 0 Å². The molecule has 2 amide bonds. The Bertz CT molecular complexity index is 902. The molecule has 0 radical (unpaired) electrons. The largest absolute Gasteiger partial charge is 0.492 e. The molecular weight excluding hydrogens is 361 g/mol. The molecule has 0 unspecified atom stereocenters. The van der Waals surface area contributed by atoms with Crippen molar-refractivity contribution < 1.29 is 9.53 Å². The summed E-state index contributed by atoms with van der Waals surface area (Å²) in [5.74, 6) is 0.723. The molecule has 1 aromatic heterocycles. The van der Waals surface area contributed by atoms with Crippen LogP contribution in [-0.2, 0) is 0 Å². The van der Waals surface area contributed by atoms with E-state index in [9.17, 15) is 4.79 Å². The SMILES string of the molecule is O=C(NCCOc1ccc2ncccc2c1)Nc1cccc(Cl)c1Cl. The van der Waals surface area contributed by atoms with Gasteiger partial charge < -0.3 is 15.4 Å². The molecule has 0 saturated carbocycles. The summed E-state index contributed by atoms with van der Waals surface area (Å²) >= 11 is 11.9. The minimum Gasteiger partial charge on any atom is -0.492 e. The number of amides is 2. The Morgan fingerprint density at radius 2 is 2.00 bits per heavy atom. The summed E-state index contributed by atoms with van der Waals surface area (Å²) in [5.41, 5.74) is 1.36. The second-order valence-corrected chi connectivity index (χ2v) is 5.97. The van der Waals surface area contributed by atoms with Gasteiger partial charge in [-0.25, -0.2) is 4.79 Å². The number of carbonyl (C=O) groups excluding carboxylic acids is 1. The minimum absolute atomic E-state index is 0.306. The lowest BCUT2D eigenvalue weighted by Gasteiger charge is -2.11. The highest BCUT2D eigenvalue weighted by atomic mass is 35.5. The third kappa shape index (κ3) is 4.53. The lowest BCUT2D eigenvalue weighted by atomic mass is 10.2. The Balaban J connectivity index is 1.47. The van der Waals surface area contributed by atoms with Crippen molar-refractivity contribution in [2.24, 2.45) is 0 Å². The highest BCUT2D eigenvalue weighted by Crippen LogP contribution is 2.29. The third-order valence-electron chi connectivity index (χ3n) is 3.43. The Labute approximate surface area is 154 Å². The van der Waals surface area contributed by atoms with Crippen LogP contribution in [0.5, 0.6) is 5.75 Å². The Morgan fingerprint density at radius 3 is 2.88 bits per heavy atom. The van der Waals surface area contributed by atoms with Gasteiger partial charge in [0, 0.05) is 11.6 Å². The summed E-state index contributed by atoms with van der Waals surface area (Å²) in [7, 11) is 0. The zero-order chi connectivity index (χ0) is 17.6.